The topological polar surface area (TPSA) is 53.0 Å². The molecule has 2 unspecified atom stereocenters. The van der Waals surface area contributed by atoms with Crippen molar-refractivity contribution in [3.63, 3.8) is 0 Å². The summed E-state index contributed by atoms with van der Waals surface area (Å²) in [5.41, 5.74) is 7.38. The SMILES string of the molecule is CC(N)C(c1ccc(Br)cc1)N(CCC#N)C(C)C. The summed E-state index contributed by atoms with van der Waals surface area (Å²) in [5, 5.41) is 8.81. The van der Waals surface area contributed by atoms with Crippen molar-refractivity contribution < 1.29 is 0 Å². The van der Waals surface area contributed by atoms with Gasteiger partial charge in [0.1, 0.15) is 0 Å². The number of nitriles is 1. The molecule has 0 aromatic heterocycles. The molecule has 0 saturated carbocycles. The highest BCUT2D eigenvalue weighted by atomic mass is 79.9. The molecule has 0 saturated heterocycles. The Hall–Kier alpha value is -0.890. The monoisotopic (exact) mass is 323 g/mol. The van der Waals surface area contributed by atoms with Crippen LogP contribution in [0.1, 0.15) is 38.8 Å². The van der Waals surface area contributed by atoms with Gasteiger partial charge in [0.05, 0.1) is 6.07 Å². The second-order valence-electron chi connectivity index (χ2n) is 5.10. The van der Waals surface area contributed by atoms with Crippen LogP contribution in [-0.2, 0) is 0 Å². The zero-order valence-corrected chi connectivity index (χ0v) is 13.4. The molecule has 0 heterocycles. The number of rotatable bonds is 6. The van der Waals surface area contributed by atoms with Crippen molar-refractivity contribution in [2.45, 2.75) is 45.3 Å². The molecular formula is C15H22BrN3. The normalized spacial score (nSPS) is 14.4. The van der Waals surface area contributed by atoms with Gasteiger partial charge in [-0.15, -0.1) is 0 Å². The molecule has 1 rings (SSSR count). The third-order valence-electron chi connectivity index (χ3n) is 3.21. The van der Waals surface area contributed by atoms with Gasteiger partial charge in [-0.1, -0.05) is 28.1 Å². The Labute approximate surface area is 124 Å². The number of hydrogen-bond donors (Lipinski definition) is 1. The molecule has 1 aromatic carbocycles. The number of nitrogens with zero attached hydrogens (tertiary/aromatic N) is 2. The fraction of sp³-hybridized carbons (Fsp3) is 0.533. The van der Waals surface area contributed by atoms with E-state index in [1.807, 2.05) is 19.1 Å². The van der Waals surface area contributed by atoms with Gasteiger partial charge in [0.25, 0.3) is 0 Å². The van der Waals surface area contributed by atoms with Gasteiger partial charge in [0, 0.05) is 35.6 Å². The highest BCUT2D eigenvalue weighted by Crippen LogP contribution is 2.27. The molecule has 2 N–H and O–H groups in total. The first kappa shape index (κ1) is 16.2. The van der Waals surface area contributed by atoms with E-state index in [4.69, 9.17) is 11.0 Å². The van der Waals surface area contributed by atoms with Crippen LogP contribution in [0.4, 0.5) is 0 Å². The Balaban J connectivity index is 3.03. The minimum Gasteiger partial charge on any atom is -0.326 e. The Bertz CT molecular complexity index is 420. The average molecular weight is 324 g/mol. The van der Waals surface area contributed by atoms with Crippen LogP contribution in [-0.4, -0.2) is 23.5 Å². The number of benzene rings is 1. The maximum absolute atomic E-state index is 8.81. The molecule has 0 radical (unpaired) electrons. The van der Waals surface area contributed by atoms with E-state index in [2.05, 4.69) is 52.9 Å². The van der Waals surface area contributed by atoms with Gasteiger partial charge in [-0.05, 0) is 38.5 Å². The van der Waals surface area contributed by atoms with E-state index in [1.54, 1.807) is 0 Å². The first-order valence-electron chi connectivity index (χ1n) is 6.61. The second kappa shape index (κ2) is 7.64. The molecule has 4 heteroatoms. The molecule has 19 heavy (non-hydrogen) atoms. The van der Waals surface area contributed by atoms with Crippen molar-refractivity contribution in [3.05, 3.63) is 34.3 Å². The van der Waals surface area contributed by atoms with Crippen LogP contribution in [0.3, 0.4) is 0 Å². The summed E-state index contributed by atoms with van der Waals surface area (Å²) in [5.74, 6) is 0. The van der Waals surface area contributed by atoms with Gasteiger partial charge in [-0.3, -0.25) is 4.90 Å². The zero-order chi connectivity index (χ0) is 14.4. The summed E-state index contributed by atoms with van der Waals surface area (Å²) in [6, 6.07) is 11.0. The molecule has 0 aliphatic rings. The van der Waals surface area contributed by atoms with Crippen molar-refractivity contribution in [3.8, 4) is 6.07 Å². The largest absolute Gasteiger partial charge is 0.326 e. The van der Waals surface area contributed by atoms with E-state index >= 15 is 0 Å². The molecule has 104 valence electrons. The summed E-state index contributed by atoms with van der Waals surface area (Å²) in [7, 11) is 0. The quantitative estimate of drug-likeness (QED) is 0.872. The van der Waals surface area contributed by atoms with Gasteiger partial charge in [-0.25, -0.2) is 0 Å². The molecule has 0 aliphatic carbocycles. The van der Waals surface area contributed by atoms with Gasteiger partial charge >= 0.3 is 0 Å². The molecule has 3 nitrogen and oxygen atoms in total. The smallest absolute Gasteiger partial charge is 0.0635 e. The fourth-order valence-corrected chi connectivity index (χ4v) is 2.62. The van der Waals surface area contributed by atoms with Gasteiger partial charge in [-0.2, -0.15) is 5.26 Å². The van der Waals surface area contributed by atoms with E-state index < -0.39 is 0 Å². The third-order valence-corrected chi connectivity index (χ3v) is 3.74. The van der Waals surface area contributed by atoms with Crippen LogP contribution >= 0.6 is 15.9 Å². The third kappa shape index (κ3) is 4.61. The molecule has 0 aliphatic heterocycles. The first-order chi connectivity index (χ1) is 8.97. The number of nitrogens with two attached hydrogens (primary N) is 1. The van der Waals surface area contributed by atoms with Crippen LogP contribution in [0, 0.1) is 11.3 Å². The predicted molar refractivity (Wildman–Crippen MR) is 82.6 cm³/mol. The Morgan fingerprint density at radius 3 is 2.26 bits per heavy atom. The molecule has 0 fully saturated rings. The summed E-state index contributed by atoms with van der Waals surface area (Å²) >= 11 is 3.45. The number of halogens is 1. The molecule has 2 atom stereocenters. The lowest BCUT2D eigenvalue weighted by molar-refractivity contribution is 0.139. The highest BCUT2D eigenvalue weighted by Gasteiger charge is 2.25. The molecule has 0 spiro atoms. The molecule has 0 amide bonds. The van der Waals surface area contributed by atoms with Crippen LogP contribution in [0.5, 0.6) is 0 Å². The van der Waals surface area contributed by atoms with Crippen LogP contribution in [0.25, 0.3) is 0 Å². The van der Waals surface area contributed by atoms with Gasteiger partial charge < -0.3 is 5.73 Å². The summed E-state index contributed by atoms with van der Waals surface area (Å²) in [6.45, 7) is 7.06. The zero-order valence-electron chi connectivity index (χ0n) is 11.8. The molecular weight excluding hydrogens is 302 g/mol. The van der Waals surface area contributed by atoms with E-state index in [-0.39, 0.29) is 12.1 Å². The van der Waals surface area contributed by atoms with E-state index in [0.29, 0.717) is 12.5 Å². The fourth-order valence-electron chi connectivity index (χ4n) is 2.35. The number of hydrogen-bond acceptors (Lipinski definition) is 3. The van der Waals surface area contributed by atoms with Crippen molar-refractivity contribution in [2.75, 3.05) is 6.54 Å². The minimum atomic E-state index is 0.0160. The van der Waals surface area contributed by atoms with Crippen LogP contribution < -0.4 is 5.73 Å². The van der Waals surface area contributed by atoms with Crippen molar-refractivity contribution in [1.82, 2.24) is 4.90 Å². The predicted octanol–water partition coefficient (Wildman–Crippen LogP) is 3.46. The minimum absolute atomic E-state index is 0.0160. The van der Waals surface area contributed by atoms with E-state index in [9.17, 15) is 0 Å². The highest BCUT2D eigenvalue weighted by molar-refractivity contribution is 9.10. The maximum Gasteiger partial charge on any atom is 0.0635 e. The lowest BCUT2D eigenvalue weighted by Gasteiger charge is -2.37. The lowest BCUT2D eigenvalue weighted by atomic mass is 9.97. The van der Waals surface area contributed by atoms with E-state index in [1.165, 1.54) is 5.56 Å². The van der Waals surface area contributed by atoms with E-state index in [0.717, 1.165) is 11.0 Å². The average Bonchev–Trinajstić information content (AvgIpc) is 2.35. The first-order valence-corrected chi connectivity index (χ1v) is 7.40. The van der Waals surface area contributed by atoms with Crippen molar-refractivity contribution in [1.29, 1.82) is 5.26 Å². The Morgan fingerprint density at radius 2 is 1.84 bits per heavy atom. The molecule has 1 aromatic rings. The summed E-state index contributed by atoms with van der Waals surface area (Å²) < 4.78 is 1.06. The lowest BCUT2D eigenvalue weighted by Crippen LogP contribution is -2.43. The van der Waals surface area contributed by atoms with Crippen LogP contribution in [0.2, 0.25) is 0 Å². The van der Waals surface area contributed by atoms with Crippen LogP contribution in [0.15, 0.2) is 28.7 Å². The van der Waals surface area contributed by atoms with Gasteiger partial charge in [0.2, 0.25) is 0 Å². The maximum atomic E-state index is 8.81. The van der Waals surface area contributed by atoms with Gasteiger partial charge in [0.15, 0.2) is 0 Å². The second-order valence-corrected chi connectivity index (χ2v) is 6.01. The summed E-state index contributed by atoms with van der Waals surface area (Å²) in [4.78, 5) is 2.30. The Morgan fingerprint density at radius 1 is 1.26 bits per heavy atom. The molecule has 0 bridgehead atoms. The summed E-state index contributed by atoms with van der Waals surface area (Å²) in [6.07, 6.45) is 0.526. The van der Waals surface area contributed by atoms with Crippen molar-refractivity contribution >= 4 is 15.9 Å². The Kier molecular flexibility index (Phi) is 6.50. The standard InChI is InChI=1S/C15H22BrN3/c1-11(2)19(10-4-9-17)15(12(3)18)13-5-7-14(16)8-6-13/h5-8,11-12,15H,4,10,18H2,1-3H3. The van der Waals surface area contributed by atoms with Crippen molar-refractivity contribution in [2.24, 2.45) is 5.73 Å².